The molecule has 0 radical (unpaired) electrons. The summed E-state index contributed by atoms with van der Waals surface area (Å²) in [5.74, 6) is -0.644. The van der Waals surface area contributed by atoms with Crippen LogP contribution < -0.4 is 15.2 Å². The van der Waals surface area contributed by atoms with Gasteiger partial charge in [0.2, 0.25) is 15.9 Å². The fraction of sp³-hybridized carbons (Fsp3) is 0.0526. The maximum absolute atomic E-state index is 13.3. The van der Waals surface area contributed by atoms with Crippen molar-refractivity contribution in [1.29, 1.82) is 0 Å². The lowest BCUT2D eigenvalue weighted by atomic mass is 10.2. The number of pyridine rings is 1. The standard InChI is InChI=1S/C19H16FN3O4S/c20-14-4-1-5-16(8-14)27-17-9-15(10-18(11-17)28(21,25)26)23-19(24)7-13-3-2-6-22-12-13/h1-6,8-12H,7H2,(H,23,24)(H2,21,25,26). The lowest BCUT2D eigenvalue weighted by molar-refractivity contribution is -0.115. The normalized spacial score (nSPS) is 11.1. The van der Waals surface area contributed by atoms with Crippen molar-refractivity contribution in [3.8, 4) is 11.5 Å². The molecule has 0 atom stereocenters. The number of nitrogens with zero attached hydrogens (tertiary/aromatic N) is 1. The molecule has 0 bridgehead atoms. The number of nitrogens with two attached hydrogens (primary N) is 1. The van der Waals surface area contributed by atoms with E-state index in [1.165, 1.54) is 36.4 Å². The zero-order chi connectivity index (χ0) is 20.1. The molecule has 0 saturated carbocycles. The SMILES string of the molecule is NS(=O)(=O)c1cc(NC(=O)Cc2cccnc2)cc(Oc2cccc(F)c2)c1. The molecule has 0 aliphatic rings. The summed E-state index contributed by atoms with van der Waals surface area (Å²) in [6.07, 6.45) is 3.19. The van der Waals surface area contributed by atoms with Gasteiger partial charge in [-0.3, -0.25) is 9.78 Å². The first-order valence-corrected chi connectivity index (χ1v) is 9.64. The number of hydrogen-bond acceptors (Lipinski definition) is 5. The monoisotopic (exact) mass is 401 g/mol. The molecule has 0 spiro atoms. The average Bonchev–Trinajstić information content (AvgIpc) is 2.61. The molecule has 2 aromatic carbocycles. The molecule has 0 aliphatic carbocycles. The number of primary sulfonamides is 1. The van der Waals surface area contributed by atoms with Crippen LogP contribution in [-0.2, 0) is 21.2 Å². The molecule has 3 N–H and O–H groups in total. The van der Waals surface area contributed by atoms with Gasteiger partial charge >= 0.3 is 0 Å². The number of hydrogen-bond donors (Lipinski definition) is 2. The summed E-state index contributed by atoms with van der Waals surface area (Å²) in [4.78, 5) is 15.9. The van der Waals surface area contributed by atoms with Gasteiger partial charge in [0, 0.05) is 36.3 Å². The Morgan fingerprint density at radius 2 is 1.93 bits per heavy atom. The van der Waals surface area contributed by atoms with Gasteiger partial charge in [0.1, 0.15) is 17.3 Å². The number of halogens is 1. The van der Waals surface area contributed by atoms with E-state index in [2.05, 4.69) is 10.3 Å². The molecule has 7 nitrogen and oxygen atoms in total. The highest BCUT2D eigenvalue weighted by atomic mass is 32.2. The highest BCUT2D eigenvalue weighted by Gasteiger charge is 2.14. The number of sulfonamides is 1. The summed E-state index contributed by atoms with van der Waals surface area (Å²) in [6, 6.07) is 12.6. The van der Waals surface area contributed by atoms with Crippen LogP contribution in [0.25, 0.3) is 0 Å². The summed E-state index contributed by atoms with van der Waals surface area (Å²) >= 11 is 0. The summed E-state index contributed by atoms with van der Waals surface area (Å²) in [5, 5.41) is 7.80. The molecule has 9 heteroatoms. The van der Waals surface area contributed by atoms with Gasteiger partial charge in [-0.25, -0.2) is 17.9 Å². The van der Waals surface area contributed by atoms with Crippen molar-refractivity contribution in [3.05, 3.63) is 78.4 Å². The van der Waals surface area contributed by atoms with Gasteiger partial charge in [-0.15, -0.1) is 0 Å². The number of anilines is 1. The van der Waals surface area contributed by atoms with Crippen LogP contribution in [0.5, 0.6) is 11.5 Å². The Balaban J connectivity index is 1.86. The molecule has 0 aliphatic heterocycles. The lowest BCUT2D eigenvalue weighted by Crippen LogP contribution is -2.16. The minimum Gasteiger partial charge on any atom is -0.457 e. The summed E-state index contributed by atoms with van der Waals surface area (Å²) in [7, 11) is -4.06. The smallest absolute Gasteiger partial charge is 0.238 e. The number of amides is 1. The number of ether oxygens (including phenoxy) is 1. The Kier molecular flexibility index (Phi) is 5.67. The van der Waals surface area contributed by atoms with E-state index in [0.29, 0.717) is 5.56 Å². The van der Waals surface area contributed by atoms with E-state index >= 15 is 0 Å². The number of carbonyl (C=O) groups is 1. The molecule has 3 aromatic rings. The Morgan fingerprint density at radius 1 is 1.11 bits per heavy atom. The van der Waals surface area contributed by atoms with Crippen molar-refractivity contribution in [2.24, 2.45) is 5.14 Å². The third-order valence-electron chi connectivity index (χ3n) is 3.61. The molecule has 1 amide bonds. The van der Waals surface area contributed by atoms with Crippen molar-refractivity contribution in [1.82, 2.24) is 4.98 Å². The highest BCUT2D eigenvalue weighted by molar-refractivity contribution is 7.89. The van der Waals surface area contributed by atoms with E-state index < -0.39 is 15.8 Å². The van der Waals surface area contributed by atoms with Gasteiger partial charge in [0.15, 0.2) is 0 Å². The first-order valence-electron chi connectivity index (χ1n) is 8.10. The minimum absolute atomic E-state index is 0.0491. The van der Waals surface area contributed by atoms with Crippen molar-refractivity contribution < 1.29 is 22.3 Å². The average molecular weight is 401 g/mol. The van der Waals surface area contributed by atoms with E-state index in [4.69, 9.17) is 9.88 Å². The molecule has 0 saturated heterocycles. The van der Waals surface area contributed by atoms with Crippen molar-refractivity contribution in [3.63, 3.8) is 0 Å². The second-order valence-electron chi connectivity index (χ2n) is 5.88. The van der Waals surface area contributed by atoms with Crippen LogP contribution in [0.15, 0.2) is 71.9 Å². The number of nitrogens with one attached hydrogen (secondary N) is 1. The Morgan fingerprint density at radius 3 is 2.61 bits per heavy atom. The second kappa shape index (κ2) is 8.15. The Bertz CT molecular complexity index is 1110. The predicted octanol–water partition coefficient (Wildman–Crippen LogP) is 2.84. The quantitative estimate of drug-likeness (QED) is 0.660. The van der Waals surface area contributed by atoms with Gasteiger partial charge < -0.3 is 10.1 Å². The number of carbonyl (C=O) groups excluding carboxylic acids is 1. The van der Waals surface area contributed by atoms with Crippen molar-refractivity contribution in [2.45, 2.75) is 11.3 Å². The van der Waals surface area contributed by atoms with Crippen LogP contribution in [0.4, 0.5) is 10.1 Å². The maximum Gasteiger partial charge on any atom is 0.238 e. The fourth-order valence-electron chi connectivity index (χ4n) is 2.43. The van der Waals surface area contributed by atoms with Crippen LogP contribution in [0, 0.1) is 5.82 Å². The molecular formula is C19H16FN3O4S. The van der Waals surface area contributed by atoms with Gasteiger partial charge in [0.05, 0.1) is 11.3 Å². The highest BCUT2D eigenvalue weighted by Crippen LogP contribution is 2.28. The fourth-order valence-corrected chi connectivity index (χ4v) is 3.00. The van der Waals surface area contributed by atoms with Crippen LogP contribution in [0.3, 0.4) is 0 Å². The van der Waals surface area contributed by atoms with E-state index in [1.807, 2.05) is 0 Å². The zero-order valence-corrected chi connectivity index (χ0v) is 15.3. The minimum atomic E-state index is -4.06. The first-order chi connectivity index (χ1) is 13.3. The molecule has 144 valence electrons. The molecule has 0 fully saturated rings. The summed E-state index contributed by atoms with van der Waals surface area (Å²) in [5.41, 5.74) is 0.866. The van der Waals surface area contributed by atoms with E-state index in [0.717, 1.165) is 6.07 Å². The zero-order valence-electron chi connectivity index (χ0n) is 14.5. The summed E-state index contributed by atoms with van der Waals surface area (Å²) < 4.78 is 42.4. The van der Waals surface area contributed by atoms with E-state index in [1.54, 1.807) is 24.5 Å². The van der Waals surface area contributed by atoms with Crippen molar-refractivity contribution >= 4 is 21.6 Å². The third kappa shape index (κ3) is 5.35. The predicted molar refractivity (Wildman–Crippen MR) is 101 cm³/mol. The molecule has 1 aromatic heterocycles. The van der Waals surface area contributed by atoms with Gasteiger partial charge in [0.25, 0.3) is 0 Å². The molecule has 3 rings (SSSR count). The molecule has 1 heterocycles. The first kappa shape index (κ1) is 19.5. The van der Waals surface area contributed by atoms with Crippen LogP contribution in [0.1, 0.15) is 5.56 Å². The van der Waals surface area contributed by atoms with Gasteiger partial charge in [-0.1, -0.05) is 12.1 Å². The van der Waals surface area contributed by atoms with Crippen molar-refractivity contribution in [2.75, 3.05) is 5.32 Å². The third-order valence-corrected chi connectivity index (χ3v) is 4.50. The van der Waals surface area contributed by atoms with Crippen LogP contribution in [-0.4, -0.2) is 19.3 Å². The Labute approximate surface area is 161 Å². The van der Waals surface area contributed by atoms with Gasteiger partial charge in [-0.2, -0.15) is 0 Å². The topological polar surface area (TPSA) is 111 Å². The van der Waals surface area contributed by atoms with E-state index in [-0.39, 0.29) is 34.4 Å². The number of benzene rings is 2. The summed E-state index contributed by atoms with van der Waals surface area (Å²) in [6.45, 7) is 0. The molecular weight excluding hydrogens is 385 g/mol. The van der Waals surface area contributed by atoms with Crippen LogP contribution in [0.2, 0.25) is 0 Å². The molecule has 0 unspecified atom stereocenters. The van der Waals surface area contributed by atoms with Gasteiger partial charge in [-0.05, 0) is 29.8 Å². The Hall–Kier alpha value is -3.30. The van der Waals surface area contributed by atoms with Crippen LogP contribution >= 0.6 is 0 Å². The largest absolute Gasteiger partial charge is 0.457 e. The number of aromatic nitrogens is 1. The maximum atomic E-state index is 13.3. The second-order valence-corrected chi connectivity index (χ2v) is 7.45. The molecule has 28 heavy (non-hydrogen) atoms. The van der Waals surface area contributed by atoms with E-state index in [9.17, 15) is 17.6 Å². The lowest BCUT2D eigenvalue weighted by Gasteiger charge is -2.11. The number of rotatable bonds is 6.